The van der Waals surface area contributed by atoms with Crippen molar-refractivity contribution in [3.8, 4) is 17.1 Å². The molecular weight excluding hydrogens is 330 g/mol. The summed E-state index contributed by atoms with van der Waals surface area (Å²) in [5.74, 6) is 2.03. The normalized spacial score (nSPS) is 13.3. The van der Waals surface area contributed by atoms with E-state index in [1.165, 1.54) is 6.39 Å². The fourth-order valence-corrected chi connectivity index (χ4v) is 2.67. The van der Waals surface area contributed by atoms with E-state index in [1.54, 1.807) is 19.5 Å². The summed E-state index contributed by atoms with van der Waals surface area (Å²) in [6.45, 7) is 0. The lowest BCUT2D eigenvalue weighted by atomic mass is 10.1. The Balaban J connectivity index is 1.55. The van der Waals surface area contributed by atoms with Crippen LogP contribution in [0.1, 0.15) is 12.2 Å². The third-order valence-electron chi connectivity index (χ3n) is 3.94. The van der Waals surface area contributed by atoms with Gasteiger partial charge in [0.1, 0.15) is 5.75 Å². The van der Waals surface area contributed by atoms with Gasteiger partial charge < -0.3 is 18.9 Å². The van der Waals surface area contributed by atoms with Gasteiger partial charge in [-0.2, -0.15) is 0 Å². The Bertz CT molecular complexity index is 982. The summed E-state index contributed by atoms with van der Waals surface area (Å²) in [6.07, 6.45) is 15.8. The van der Waals surface area contributed by atoms with Crippen molar-refractivity contribution < 1.29 is 13.6 Å². The Kier molecular flexibility index (Phi) is 4.38. The molecule has 2 aromatic heterocycles. The molecule has 0 bridgehead atoms. The standard InChI is InChI=1S/C20H17N3O3/c1-24-17-10-15(8-9-16(17)19-11-21-13-25-19)23-20-22-12-18(26-20)14-6-4-2-3-5-7-14/h2-4,6-13H,5H2,1H3,(H,22,23). The number of rotatable bonds is 5. The van der Waals surface area contributed by atoms with Crippen molar-refractivity contribution in [1.82, 2.24) is 9.97 Å². The van der Waals surface area contributed by atoms with Crippen molar-refractivity contribution >= 4 is 17.3 Å². The lowest BCUT2D eigenvalue weighted by Gasteiger charge is -2.09. The minimum Gasteiger partial charge on any atom is -0.496 e. The molecule has 1 N–H and O–H groups in total. The predicted molar refractivity (Wildman–Crippen MR) is 99.2 cm³/mol. The number of hydrogen-bond acceptors (Lipinski definition) is 6. The smallest absolute Gasteiger partial charge is 0.299 e. The largest absolute Gasteiger partial charge is 0.496 e. The van der Waals surface area contributed by atoms with E-state index in [0.29, 0.717) is 17.5 Å². The first kappa shape index (κ1) is 16.0. The third kappa shape index (κ3) is 3.30. The van der Waals surface area contributed by atoms with Gasteiger partial charge in [0, 0.05) is 17.3 Å². The lowest BCUT2D eigenvalue weighted by Crippen LogP contribution is -1.93. The first-order chi connectivity index (χ1) is 12.8. The molecule has 0 aliphatic heterocycles. The third-order valence-corrected chi connectivity index (χ3v) is 3.94. The van der Waals surface area contributed by atoms with Crippen molar-refractivity contribution in [3.05, 3.63) is 73.1 Å². The minimum absolute atomic E-state index is 0.418. The van der Waals surface area contributed by atoms with Gasteiger partial charge in [-0.25, -0.2) is 9.97 Å². The number of allylic oxidation sites excluding steroid dienone is 6. The van der Waals surface area contributed by atoms with Crippen LogP contribution in [-0.2, 0) is 0 Å². The van der Waals surface area contributed by atoms with Crippen LogP contribution in [0.3, 0.4) is 0 Å². The van der Waals surface area contributed by atoms with E-state index < -0.39 is 0 Å². The molecule has 1 aromatic carbocycles. The van der Waals surface area contributed by atoms with Crippen molar-refractivity contribution in [1.29, 1.82) is 0 Å². The molecule has 2 heterocycles. The van der Waals surface area contributed by atoms with Gasteiger partial charge in [0.25, 0.3) is 6.01 Å². The maximum atomic E-state index is 5.82. The van der Waals surface area contributed by atoms with E-state index in [0.717, 1.165) is 29.0 Å². The highest BCUT2D eigenvalue weighted by atomic mass is 16.5. The maximum absolute atomic E-state index is 5.82. The van der Waals surface area contributed by atoms with Gasteiger partial charge >= 0.3 is 0 Å². The van der Waals surface area contributed by atoms with Gasteiger partial charge in [0.2, 0.25) is 0 Å². The van der Waals surface area contributed by atoms with E-state index >= 15 is 0 Å². The average Bonchev–Trinajstić information content (AvgIpc) is 3.29. The molecule has 0 saturated carbocycles. The molecule has 6 nitrogen and oxygen atoms in total. The lowest BCUT2D eigenvalue weighted by molar-refractivity contribution is 0.415. The second-order valence-electron chi connectivity index (χ2n) is 5.62. The van der Waals surface area contributed by atoms with Crippen LogP contribution in [0, 0.1) is 0 Å². The molecule has 0 fully saturated rings. The van der Waals surface area contributed by atoms with Crippen molar-refractivity contribution in [2.75, 3.05) is 12.4 Å². The van der Waals surface area contributed by atoms with Crippen LogP contribution < -0.4 is 10.1 Å². The number of nitrogens with one attached hydrogen (secondary N) is 1. The molecule has 0 atom stereocenters. The zero-order chi connectivity index (χ0) is 17.8. The second kappa shape index (κ2) is 7.14. The van der Waals surface area contributed by atoms with E-state index in [-0.39, 0.29) is 0 Å². The predicted octanol–water partition coefficient (Wildman–Crippen LogP) is 4.98. The Morgan fingerprint density at radius 1 is 1.15 bits per heavy atom. The first-order valence-electron chi connectivity index (χ1n) is 8.17. The minimum atomic E-state index is 0.418. The van der Waals surface area contributed by atoms with Crippen LogP contribution in [0.15, 0.2) is 76.2 Å². The van der Waals surface area contributed by atoms with Crippen LogP contribution in [-0.4, -0.2) is 17.1 Å². The van der Waals surface area contributed by atoms with Crippen LogP contribution in [0.4, 0.5) is 11.7 Å². The number of hydrogen-bond donors (Lipinski definition) is 1. The Hall–Kier alpha value is -3.54. The summed E-state index contributed by atoms with van der Waals surface area (Å²) in [7, 11) is 1.61. The van der Waals surface area contributed by atoms with E-state index in [9.17, 15) is 0 Å². The molecule has 130 valence electrons. The zero-order valence-electron chi connectivity index (χ0n) is 14.2. The number of nitrogens with zero attached hydrogens (tertiary/aromatic N) is 2. The zero-order valence-corrected chi connectivity index (χ0v) is 14.2. The quantitative estimate of drug-likeness (QED) is 0.701. The number of benzene rings is 1. The molecule has 1 aliphatic rings. The summed E-state index contributed by atoms with van der Waals surface area (Å²) in [6, 6.07) is 6.07. The van der Waals surface area contributed by atoms with Crippen molar-refractivity contribution in [2.24, 2.45) is 0 Å². The number of anilines is 2. The molecule has 26 heavy (non-hydrogen) atoms. The molecule has 0 spiro atoms. The molecule has 4 rings (SSSR count). The molecule has 0 unspecified atom stereocenters. The fourth-order valence-electron chi connectivity index (χ4n) is 2.67. The summed E-state index contributed by atoms with van der Waals surface area (Å²) in [4.78, 5) is 8.24. The summed E-state index contributed by atoms with van der Waals surface area (Å²) in [5.41, 5.74) is 2.63. The second-order valence-corrected chi connectivity index (χ2v) is 5.62. The monoisotopic (exact) mass is 347 g/mol. The van der Waals surface area contributed by atoms with E-state index in [4.69, 9.17) is 13.6 Å². The topological polar surface area (TPSA) is 73.3 Å². The molecule has 0 radical (unpaired) electrons. The molecule has 0 saturated heterocycles. The van der Waals surface area contributed by atoms with Crippen molar-refractivity contribution in [3.63, 3.8) is 0 Å². The van der Waals surface area contributed by atoms with E-state index in [2.05, 4.69) is 27.4 Å². The van der Waals surface area contributed by atoms with Gasteiger partial charge in [-0.3, -0.25) is 0 Å². The summed E-state index contributed by atoms with van der Waals surface area (Å²) >= 11 is 0. The van der Waals surface area contributed by atoms with Gasteiger partial charge in [-0.05, 0) is 18.6 Å². The van der Waals surface area contributed by atoms with Gasteiger partial charge in [0.05, 0.1) is 25.1 Å². The van der Waals surface area contributed by atoms with Crippen LogP contribution in [0.2, 0.25) is 0 Å². The Labute approximate surface area is 150 Å². The molecule has 0 amide bonds. The average molecular weight is 347 g/mol. The summed E-state index contributed by atoms with van der Waals surface area (Å²) < 4.78 is 16.6. The highest BCUT2D eigenvalue weighted by molar-refractivity contribution is 5.73. The van der Waals surface area contributed by atoms with Gasteiger partial charge in [-0.15, -0.1) is 0 Å². The first-order valence-corrected chi connectivity index (χ1v) is 8.17. The fraction of sp³-hybridized carbons (Fsp3) is 0.100. The van der Waals surface area contributed by atoms with Gasteiger partial charge in [-0.1, -0.05) is 30.4 Å². The Morgan fingerprint density at radius 2 is 2.12 bits per heavy atom. The molecule has 1 aliphatic carbocycles. The molecular formula is C20H17N3O3. The number of methoxy groups -OCH3 is 1. The van der Waals surface area contributed by atoms with Crippen LogP contribution >= 0.6 is 0 Å². The molecule has 3 aromatic rings. The maximum Gasteiger partial charge on any atom is 0.299 e. The van der Waals surface area contributed by atoms with E-state index in [1.807, 2.05) is 36.4 Å². The number of oxazole rings is 2. The highest BCUT2D eigenvalue weighted by Crippen LogP contribution is 2.33. The number of aromatic nitrogens is 2. The molecule has 6 heteroatoms. The Morgan fingerprint density at radius 3 is 2.96 bits per heavy atom. The summed E-state index contributed by atoms with van der Waals surface area (Å²) in [5, 5.41) is 3.16. The van der Waals surface area contributed by atoms with Crippen LogP contribution in [0.25, 0.3) is 16.9 Å². The number of ether oxygens (including phenoxy) is 1. The SMILES string of the molecule is COc1cc(Nc2ncc(C3=CCC=CC=C3)o2)ccc1-c1cnco1. The highest BCUT2D eigenvalue weighted by Gasteiger charge is 2.12. The van der Waals surface area contributed by atoms with Gasteiger partial charge in [0.15, 0.2) is 17.9 Å². The van der Waals surface area contributed by atoms with Crippen LogP contribution in [0.5, 0.6) is 5.75 Å². The van der Waals surface area contributed by atoms with Crippen molar-refractivity contribution in [2.45, 2.75) is 6.42 Å².